The van der Waals surface area contributed by atoms with Crippen molar-refractivity contribution in [1.82, 2.24) is 14.0 Å². The number of imidazole rings is 1. The molecule has 40 heavy (non-hydrogen) atoms. The van der Waals surface area contributed by atoms with Crippen LogP contribution in [-0.2, 0) is 19.4 Å². The fourth-order valence-corrected chi connectivity index (χ4v) is 6.26. The van der Waals surface area contributed by atoms with Gasteiger partial charge in [-0.05, 0) is 93.3 Å². The number of nitrogens with zero attached hydrogens (tertiary/aromatic N) is 3. The van der Waals surface area contributed by atoms with Crippen LogP contribution in [0, 0.1) is 0 Å². The SMILES string of the molecule is COc1ccccc1CCCCN1CCC(n2c(=O)n(CCCCc3ccccc3OC)c3ccccc32)CC1. The zero-order chi connectivity index (χ0) is 27.7. The van der Waals surface area contributed by atoms with Gasteiger partial charge in [-0.1, -0.05) is 48.5 Å². The van der Waals surface area contributed by atoms with Gasteiger partial charge in [0.25, 0.3) is 0 Å². The van der Waals surface area contributed by atoms with Crippen LogP contribution in [0.25, 0.3) is 11.0 Å². The zero-order valence-corrected chi connectivity index (χ0v) is 24.1. The molecule has 5 rings (SSSR count). The van der Waals surface area contributed by atoms with Crippen molar-refractivity contribution in [1.29, 1.82) is 0 Å². The standard InChI is InChI=1S/C34H43N3O3/c1-39-32-19-7-3-13-27(32)15-9-11-23-35-25-21-29(22-26-35)37-31-18-6-5-17-30(31)36(34(37)38)24-12-10-16-28-14-4-8-20-33(28)40-2/h3-8,13-14,17-20,29H,9-12,15-16,21-26H2,1-2H3. The second-order valence-corrected chi connectivity index (χ2v) is 10.9. The molecule has 0 unspecified atom stereocenters. The number of hydrogen-bond donors (Lipinski definition) is 0. The van der Waals surface area contributed by atoms with Gasteiger partial charge in [-0.15, -0.1) is 0 Å². The van der Waals surface area contributed by atoms with Gasteiger partial charge in [0, 0.05) is 25.7 Å². The summed E-state index contributed by atoms with van der Waals surface area (Å²) in [4.78, 5) is 16.3. The van der Waals surface area contributed by atoms with Gasteiger partial charge in [-0.25, -0.2) is 4.79 Å². The summed E-state index contributed by atoms with van der Waals surface area (Å²) in [6.45, 7) is 3.95. The summed E-state index contributed by atoms with van der Waals surface area (Å²) in [5.41, 5.74) is 4.80. The monoisotopic (exact) mass is 541 g/mol. The van der Waals surface area contributed by atoms with E-state index in [2.05, 4.69) is 51.9 Å². The van der Waals surface area contributed by atoms with E-state index < -0.39 is 0 Å². The lowest BCUT2D eigenvalue weighted by Crippen LogP contribution is -2.38. The molecule has 1 aliphatic heterocycles. The normalized spacial score (nSPS) is 14.6. The Hall–Kier alpha value is -3.51. The third kappa shape index (κ3) is 6.44. The third-order valence-corrected chi connectivity index (χ3v) is 8.42. The van der Waals surface area contributed by atoms with Gasteiger partial charge in [0.05, 0.1) is 25.3 Å². The number of aryl methyl sites for hydroxylation is 3. The molecule has 1 fully saturated rings. The lowest BCUT2D eigenvalue weighted by molar-refractivity contribution is 0.183. The van der Waals surface area contributed by atoms with Crippen molar-refractivity contribution in [3.05, 3.63) is 94.4 Å². The molecule has 0 saturated carbocycles. The second-order valence-electron chi connectivity index (χ2n) is 10.9. The first-order valence-corrected chi connectivity index (χ1v) is 14.9. The number of fused-ring (bicyclic) bond motifs is 1. The number of unbranched alkanes of at least 4 members (excludes halogenated alkanes) is 2. The summed E-state index contributed by atoms with van der Waals surface area (Å²) in [6, 6.07) is 25.1. The van der Waals surface area contributed by atoms with E-state index in [1.54, 1.807) is 14.2 Å². The minimum atomic E-state index is 0.147. The van der Waals surface area contributed by atoms with Crippen molar-refractivity contribution in [2.75, 3.05) is 33.9 Å². The van der Waals surface area contributed by atoms with Crippen LogP contribution in [0.15, 0.2) is 77.6 Å². The molecule has 0 spiro atoms. The number of methoxy groups -OCH3 is 2. The van der Waals surface area contributed by atoms with Crippen molar-refractivity contribution >= 4 is 11.0 Å². The molecule has 0 atom stereocenters. The number of piperidine rings is 1. The average Bonchev–Trinajstić information content (AvgIpc) is 3.29. The zero-order valence-electron chi connectivity index (χ0n) is 24.1. The molecule has 212 valence electrons. The maximum atomic E-state index is 13.7. The van der Waals surface area contributed by atoms with Crippen molar-refractivity contribution in [2.45, 2.75) is 64.0 Å². The fourth-order valence-electron chi connectivity index (χ4n) is 6.26. The number of para-hydroxylation sites is 4. The highest BCUT2D eigenvalue weighted by molar-refractivity contribution is 5.76. The Bertz CT molecular complexity index is 1430. The van der Waals surface area contributed by atoms with E-state index in [-0.39, 0.29) is 11.7 Å². The minimum absolute atomic E-state index is 0.147. The van der Waals surface area contributed by atoms with Crippen molar-refractivity contribution in [2.24, 2.45) is 0 Å². The Kier molecular flexibility index (Phi) is 9.61. The third-order valence-electron chi connectivity index (χ3n) is 8.42. The summed E-state index contributed by atoms with van der Waals surface area (Å²) in [6.07, 6.45) is 8.35. The molecule has 1 aliphatic rings. The number of benzene rings is 3. The van der Waals surface area contributed by atoms with Gasteiger partial charge < -0.3 is 14.4 Å². The molecule has 1 aromatic heterocycles. The molecule has 6 heteroatoms. The first kappa shape index (κ1) is 28.0. The highest BCUT2D eigenvalue weighted by atomic mass is 16.5. The van der Waals surface area contributed by atoms with E-state index in [0.717, 1.165) is 93.7 Å². The lowest BCUT2D eigenvalue weighted by atomic mass is 10.0. The van der Waals surface area contributed by atoms with Crippen LogP contribution in [0.1, 0.15) is 55.7 Å². The van der Waals surface area contributed by atoms with Crippen LogP contribution in [0.5, 0.6) is 11.5 Å². The maximum absolute atomic E-state index is 13.7. The van der Waals surface area contributed by atoms with Gasteiger partial charge in [-0.3, -0.25) is 9.13 Å². The maximum Gasteiger partial charge on any atom is 0.329 e. The van der Waals surface area contributed by atoms with E-state index in [4.69, 9.17) is 9.47 Å². The van der Waals surface area contributed by atoms with Crippen LogP contribution in [-0.4, -0.2) is 47.9 Å². The largest absolute Gasteiger partial charge is 0.496 e. The molecule has 0 bridgehead atoms. The molecule has 2 heterocycles. The summed E-state index contributed by atoms with van der Waals surface area (Å²) >= 11 is 0. The number of hydrogen-bond acceptors (Lipinski definition) is 4. The highest BCUT2D eigenvalue weighted by Gasteiger charge is 2.25. The lowest BCUT2D eigenvalue weighted by Gasteiger charge is -2.32. The summed E-state index contributed by atoms with van der Waals surface area (Å²) < 4.78 is 15.1. The Morgan fingerprint density at radius 2 is 1.20 bits per heavy atom. The van der Waals surface area contributed by atoms with Crippen LogP contribution < -0.4 is 15.2 Å². The smallest absolute Gasteiger partial charge is 0.329 e. The fraction of sp³-hybridized carbons (Fsp3) is 0.441. The van der Waals surface area contributed by atoms with E-state index in [1.165, 1.54) is 17.5 Å². The van der Waals surface area contributed by atoms with Crippen molar-refractivity contribution in [3.8, 4) is 11.5 Å². The summed E-state index contributed by atoms with van der Waals surface area (Å²) in [5, 5.41) is 0. The predicted molar refractivity (Wildman–Crippen MR) is 163 cm³/mol. The second kappa shape index (κ2) is 13.7. The molecule has 3 aromatic carbocycles. The van der Waals surface area contributed by atoms with Gasteiger partial charge in [0.1, 0.15) is 11.5 Å². The molecule has 6 nitrogen and oxygen atoms in total. The molecular weight excluding hydrogens is 498 g/mol. The first-order chi connectivity index (χ1) is 19.7. The topological polar surface area (TPSA) is 48.6 Å². The minimum Gasteiger partial charge on any atom is -0.496 e. The molecule has 0 radical (unpaired) electrons. The van der Waals surface area contributed by atoms with E-state index in [0.29, 0.717) is 0 Å². The number of rotatable bonds is 13. The van der Waals surface area contributed by atoms with Crippen molar-refractivity contribution in [3.63, 3.8) is 0 Å². The Morgan fingerprint density at radius 3 is 1.80 bits per heavy atom. The van der Waals surface area contributed by atoms with Crippen LogP contribution in [0.4, 0.5) is 0 Å². The Morgan fingerprint density at radius 1 is 0.675 bits per heavy atom. The molecule has 4 aromatic rings. The van der Waals surface area contributed by atoms with Crippen LogP contribution in [0.3, 0.4) is 0 Å². The van der Waals surface area contributed by atoms with Crippen LogP contribution >= 0.6 is 0 Å². The first-order valence-electron chi connectivity index (χ1n) is 14.9. The number of likely N-dealkylation sites (tertiary alicyclic amines) is 1. The van der Waals surface area contributed by atoms with Gasteiger partial charge in [-0.2, -0.15) is 0 Å². The highest BCUT2D eigenvalue weighted by Crippen LogP contribution is 2.27. The van der Waals surface area contributed by atoms with Crippen LogP contribution in [0.2, 0.25) is 0 Å². The van der Waals surface area contributed by atoms with E-state index in [1.807, 2.05) is 34.9 Å². The summed E-state index contributed by atoms with van der Waals surface area (Å²) in [5.74, 6) is 1.93. The van der Waals surface area contributed by atoms with Crippen molar-refractivity contribution < 1.29 is 9.47 Å². The average molecular weight is 542 g/mol. The van der Waals surface area contributed by atoms with E-state index in [9.17, 15) is 4.79 Å². The predicted octanol–water partition coefficient (Wildman–Crippen LogP) is 6.50. The van der Waals surface area contributed by atoms with E-state index >= 15 is 0 Å². The van der Waals surface area contributed by atoms with Gasteiger partial charge >= 0.3 is 5.69 Å². The molecule has 0 N–H and O–H groups in total. The Labute approximate surface area is 238 Å². The Balaban J connectivity index is 1.15. The molecule has 0 aliphatic carbocycles. The quantitative estimate of drug-likeness (QED) is 0.181. The number of aromatic nitrogens is 2. The van der Waals surface area contributed by atoms with Gasteiger partial charge in [0.2, 0.25) is 0 Å². The van der Waals surface area contributed by atoms with Gasteiger partial charge in [0.15, 0.2) is 0 Å². The molecular formula is C34H43N3O3. The summed E-state index contributed by atoms with van der Waals surface area (Å²) in [7, 11) is 3.47. The molecule has 1 saturated heterocycles. The number of ether oxygens (including phenoxy) is 2. The molecule has 0 amide bonds.